The third-order valence-electron chi connectivity index (χ3n) is 6.84. The van der Waals surface area contributed by atoms with E-state index in [0.717, 1.165) is 34.1 Å². The van der Waals surface area contributed by atoms with Crippen molar-refractivity contribution in [3.8, 4) is 11.3 Å². The van der Waals surface area contributed by atoms with Crippen molar-refractivity contribution in [3.63, 3.8) is 0 Å². The predicted octanol–water partition coefficient (Wildman–Crippen LogP) is 6.74. The number of allylic oxidation sites excluding steroid dienone is 1. The monoisotopic (exact) mass is 577 g/mol. The zero-order valence-corrected chi connectivity index (χ0v) is 24.4. The number of amides is 1. The summed E-state index contributed by atoms with van der Waals surface area (Å²) >= 11 is 6.50. The summed E-state index contributed by atoms with van der Waals surface area (Å²) < 4.78 is 0. The van der Waals surface area contributed by atoms with Crippen LogP contribution in [0.2, 0.25) is 5.02 Å². The molecule has 0 bridgehead atoms. The highest BCUT2D eigenvalue weighted by Crippen LogP contribution is 2.32. The Bertz CT molecular complexity index is 1740. The Morgan fingerprint density at radius 3 is 2.62 bits per heavy atom. The minimum atomic E-state index is -0.203. The van der Waals surface area contributed by atoms with Crippen LogP contribution in [0.4, 0.5) is 5.69 Å². The van der Waals surface area contributed by atoms with E-state index in [4.69, 9.17) is 16.6 Å². The van der Waals surface area contributed by atoms with Gasteiger partial charge in [0, 0.05) is 59.5 Å². The Hall–Kier alpha value is -4.59. The molecular formula is C34H32ClN5O2. The van der Waals surface area contributed by atoms with Gasteiger partial charge in [0.2, 0.25) is 0 Å². The van der Waals surface area contributed by atoms with Crippen molar-refractivity contribution in [1.82, 2.24) is 19.9 Å². The van der Waals surface area contributed by atoms with Crippen LogP contribution in [-0.4, -0.2) is 52.2 Å². The van der Waals surface area contributed by atoms with Gasteiger partial charge in [0.05, 0.1) is 10.7 Å². The molecule has 1 amide bonds. The molecule has 2 heterocycles. The Kier molecular flexibility index (Phi) is 9.21. The number of halogens is 1. The Morgan fingerprint density at radius 2 is 1.81 bits per heavy atom. The van der Waals surface area contributed by atoms with Crippen LogP contribution in [0.3, 0.4) is 0 Å². The van der Waals surface area contributed by atoms with Crippen molar-refractivity contribution in [2.75, 3.05) is 26.0 Å². The normalized spacial score (nSPS) is 11.4. The number of nitrogens with one attached hydrogen (secondary N) is 2. The summed E-state index contributed by atoms with van der Waals surface area (Å²) in [6, 6.07) is 23.0. The zero-order chi connectivity index (χ0) is 29.5. The molecule has 0 aliphatic carbocycles. The number of aryl methyl sites for hydroxylation is 1. The quantitative estimate of drug-likeness (QED) is 0.170. The zero-order valence-electron chi connectivity index (χ0n) is 23.6. The largest absolute Gasteiger partial charge is 0.360 e. The lowest BCUT2D eigenvalue weighted by molar-refractivity contribution is -0.114. The van der Waals surface area contributed by atoms with Gasteiger partial charge in [-0.2, -0.15) is 0 Å². The number of aromatic amines is 1. The number of benzene rings is 3. The molecule has 3 aromatic carbocycles. The fourth-order valence-corrected chi connectivity index (χ4v) is 4.85. The van der Waals surface area contributed by atoms with Crippen LogP contribution in [0.15, 0.2) is 97.3 Å². The van der Waals surface area contributed by atoms with E-state index in [9.17, 15) is 9.59 Å². The number of hydrogen-bond acceptors (Lipinski definition) is 5. The molecular weight excluding hydrogens is 546 g/mol. The van der Waals surface area contributed by atoms with E-state index in [0.29, 0.717) is 47.1 Å². The summed E-state index contributed by atoms with van der Waals surface area (Å²) in [5.74, 6) is 0.521. The molecule has 42 heavy (non-hydrogen) atoms. The van der Waals surface area contributed by atoms with E-state index in [-0.39, 0.29) is 11.7 Å². The smallest absolute Gasteiger partial charge is 0.255 e. The van der Waals surface area contributed by atoms with E-state index in [1.54, 1.807) is 24.4 Å². The maximum atomic E-state index is 12.9. The molecule has 0 atom stereocenters. The Labute approximate surface area is 250 Å². The number of H-pyrrole nitrogens is 1. The first-order valence-electron chi connectivity index (χ1n) is 13.8. The summed E-state index contributed by atoms with van der Waals surface area (Å²) in [7, 11) is 3.92. The predicted molar refractivity (Wildman–Crippen MR) is 169 cm³/mol. The molecule has 5 aromatic rings. The first-order chi connectivity index (χ1) is 20.4. The van der Waals surface area contributed by atoms with Gasteiger partial charge in [-0.05, 0) is 68.1 Å². The highest BCUT2D eigenvalue weighted by molar-refractivity contribution is 6.33. The second kappa shape index (κ2) is 13.4. The van der Waals surface area contributed by atoms with Crippen molar-refractivity contribution in [1.29, 1.82) is 0 Å². The van der Waals surface area contributed by atoms with Crippen LogP contribution in [0, 0.1) is 0 Å². The summed E-state index contributed by atoms with van der Waals surface area (Å²) in [6.07, 6.45) is 8.60. The number of fused-ring (bicyclic) bond motifs is 1. The lowest BCUT2D eigenvalue weighted by Crippen LogP contribution is -2.12. The van der Waals surface area contributed by atoms with Gasteiger partial charge in [0.1, 0.15) is 5.82 Å². The van der Waals surface area contributed by atoms with Crippen molar-refractivity contribution in [2.45, 2.75) is 19.3 Å². The summed E-state index contributed by atoms with van der Waals surface area (Å²) in [4.78, 5) is 39.5. The number of nitrogens with zero attached hydrogens (tertiary/aromatic N) is 3. The van der Waals surface area contributed by atoms with Gasteiger partial charge >= 0.3 is 0 Å². The molecule has 7 nitrogen and oxygen atoms in total. The molecule has 0 aliphatic rings. The third-order valence-corrected chi connectivity index (χ3v) is 7.11. The molecule has 2 aromatic heterocycles. The minimum Gasteiger partial charge on any atom is -0.360 e. The molecule has 2 N–H and O–H groups in total. The highest BCUT2D eigenvalue weighted by atomic mass is 35.5. The molecule has 212 valence electrons. The average Bonchev–Trinajstić information content (AvgIpc) is 3.41. The van der Waals surface area contributed by atoms with Crippen molar-refractivity contribution in [3.05, 3.63) is 125 Å². The number of aromatic nitrogens is 3. The molecule has 5 rings (SSSR count). The SMILES string of the molecule is CN(C)C/C=C/C(=O)CCc1ccc(C(=O)Nc2cccc(Cc3ncc(Cl)c(-c4c[nH]c5ccccc45)n3)c2)cc1. The van der Waals surface area contributed by atoms with Gasteiger partial charge in [-0.25, -0.2) is 9.97 Å². The molecule has 0 spiro atoms. The number of ketones is 1. The number of likely N-dealkylation sites (N-methyl/N-ethyl adjacent to an activating group) is 1. The number of carbonyl (C=O) groups excluding carboxylic acids is 2. The Balaban J connectivity index is 1.21. The molecule has 0 radical (unpaired) electrons. The topological polar surface area (TPSA) is 91.0 Å². The first-order valence-corrected chi connectivity index (χ1v) is 14.1. The third kappa shape index (κ3) is 7.37. The lowest BCUT2D eigenvalue weighted by Gasteiger charge is -2.09. The summed E-state index contributed by atoms with van der Waals surface area (Å²) in [5.41, 5.74) is 5.82. The summed E-state index contributed by atoms with van der Waals surface area (Å²) in [6.45, 7) is 0.736. The fourth-order valence-electron chi connectivity index (χ4n) is 4.66. The molecule has 0 unspecified atom stereocenters. The minimum absolute atomic E-state index is 0.0942. The number of carbonyl (C=O) groups is 2. The summed E-state index contributed by atoms with van der Waals surface area (Å²) in [5, 5.41) is 4.51. The molecule has 8 heteroatoms. The van der Waals surface area contributed by atoms with Crippen molar-refractivity contribution in [2.24, 2.45) is 0 Å². The van der Waals surface area contributed by atoms with Crippen molar-refractivity contribution >= 4 is 39.9 Å². The van der Waals surface area contributed by atoms with E-state index in [2.05, 4.69) is 15.3 Å². The second-order valence-corrected chi connectivity index (χ2v) is 10.8. The number of hydrogen-bond donors (Lipinski definition) is 2. The van der Waals surface area contributed by atoms with Crippen LogP contribution >= 0.6 is 11.6 Å². The standard InChI is InChI=1S/C34H32ClN5O2/c1-40(2)18-6-9-27(41)17-14-23-12-15-25(16-13-23)34(42)38-26-8-5-7-24(19-26)20-32-37-22-30(35)33(39-32)29-21-36-31-11-4-3-10-28(29)31/h3-13,15-16,19,21-22,36H,14,17-18,20H2,1-2H3,(H,38,42)/b9-6+. The average molecular weight is 578 g/mol. The van der Waals surface area contributed by atoms with Crippen LogP contribution in [0.25, 0.3) is 22.2 Å². The van der Waals surface area contributed by atoms with Gasteiger partial charge in [-0.1, -0.05) is 60.1 Å². The highest BCUT2D eigenvalue weighted by Gasteiger charge is 2.14. The molecule has 0 saturated carbocycles. The van der Waals surface area contributed by atoms with Gasteiger partial charge < -0.3 is 15.2 Å². The first kappa shape index (κ1) is 28.9. The molecule has 0 saturated heterocycles. The number of rotatable bonds is 11. The molecule has 0 fully saturated rings. The van der Waals surface area contributed by atoms with E-state index < -0.39 is 0 Å². The fraction of sp³-hybridized carbons (Fsp3) is 0.176. The Morgan fingerprint density at radius 1 is 1.00 bits per heavy atom. The van der Waals surface area contributed by atoms with Crippen LogP contribution < -0.4 is 5.32 Å². The second-order valence-electron chi connectivity index (χ2n) is 10.4. The lowest BCUT2D eigenvalue weighted by atomic mass is 10.0. The van der Waals surface area contributed by atoms with Crippen LogP contribution in [-0.2, 0) is 17.6 Å². The number of anilines is 1. The van der Waals surface area contributed by atoms with E-state index in [1.807, 2.05) is 91.9 Å². The van der Waals surface area contributed by atoms with Crippen molar-refractivity contribution < 1.29 is 9.59 Å². The van der Waals surface area contributed by atoms with Gasteiger partial charge in [-0.3, -0.25) is 9.59 Å². The molecule has 0 aliphatic heterocycles. The van der Waals surface area contributed by atoms with Crippen LogP contribution in [0.5, 0.6) is 0 Å². The van der Waals surface area contributed by atoms with Gasteiger partial charge in [-0.15, -0.1) is 0 Å². The number of para-hydroxylation sites is 1. The van der Waals surface area contributed by atoms with Crippen LogP contribution in [0.1, 0.15) is 33.7 Å². The maximum Gasteiger partial charge on any atom is 0.255 e. The maximum absolute atomic E-state index is 12.9. The van der Waals surface area contributed by atoms with Gasteiger partial charge in [0.15, 0.2) is 5.78 Å². The van der Waals surface area contributed by atoms with E-state index >= 15 is 0 Å². The van der Waals surface area contributed by atoms with E-state index in [1.165, 1.54) is 0 Å². The van der Waals surface area contributed by atoms with Gasteiger partial charge in [0.25, 0.3) is 5.91 Å².